The monoisotopic (exact) mass is 558 g/mol. The van der Waals surface area contributed by atoms with Crippen LogP contribution in [0.3, 0.4) is 0 Å². The summed E-state index contributed by atoms with van der Waals surface area (Å²) in [6.45, 7) is 2.76. The van der Waals surface area contributed by atoms with E-state index in [1.165, 1.54) is 45.6 Å². The molecule has 0 bridgehead atoms. The smallest absolute Gasteiger partial charge is 0.212 e. The molecule has 1 aromatic heterocycles. The van der Waals surface area contributed by atoms with Gasteiger partial charge in [0.2, 0.25) is 6.71 Å². The van der Waals surface area contributed by atoms with Gasteiger partial charge >= 0.3 is 0 Å². The van der Waals surface area contributed by atoms with Crippen molar-refractivity contribution in [3.8, 4) is 0 Å². The number of hydrogen-bond acceptors (Lipinski definition) is 1. The van der Waals surface area contributed by atoms with E-state index in [-0.39, 0.29) is 5.16 Å². The number of rotatable bonds is 8. The summed E-state index contributed by atoms with van der Waals surface area (Å²) in [6, 6.07) is 52.1. The maximum atomic E-state index is 4.37. The first-order valence-electron chi connectivity index (χ1n) is 14.8. The number of nitrogens with zero attached hydrogens (tertiary/aromatic N) is 2. The van der Waals surface area contributed by atoms with Crippen LogP contribution in [0, 0.1) is 6.92 Å². The Balaban J connectivity index is 0.000000168. The van der Waals surface area contributed by atoms with Gasteiger partial charge < -0.3 is 4.57 Å². The molecule has 0 aliphatic heterocycles. The first-order chi connectivity index (χ1) is 20.7. The maximum absolute atomic E-state index is 4.37. The highest BCUT2D eigenvalue weighted by molar-refractivity contribution is 6.86. The van der Waals surface area contributed by atoms with Gasteiger partial charge in [-0.3, -0.25) is 0 Å². The average Bonchev–Trinajstić information content (AvgIpc) is 3.73. The van der Waals surface area contributed by atoms with E-state index >= 15 is 0 Å². The predicted molar refractivity (Wildman–Crippen MR) is 179 cm³/mol. The summed E-state index contributed by atoms with van der Waals surface area (Å²) >= 11 is 0. The molecule has 2 nitrogen and oxygen atoms in total. The van der Waals surface area contributed by atoms with Crippen LogP contribution in [0.1, 0.15) is 29.5 Å². The zero-order valence-corrected chi connectivity index (χ0v) is 25.1. The van der Waals surface area contributed by atoms with Crippen molar-refractivity contribution in [2.24, 2.45) is 0 Å². The van der Waals surface area contributed by atoms with E-state index < -0.39 is 0 Å². The predicted octanol–water partition coefficient (Wildman–Crippen LogP) is 6.43. The molecule has 1 aliphatic carbocycles. The van der Waals surface area contributed by atoms with Gasteiger partial charge in [0.25, 0.3) is 0 Å². The molecule has 0 saturated heterocycles. The van der Waals surface area contributed by atoms with Gasteiger partial charge in [0.05, 0.1) is 11.5 Å². The van der Waals surface area contributed by atoms with Crippen LogP contribution in [-0.4, -0.2) is 25.8 Å². The lowest BCUT2D eigenvalue weighted by molar-refractivity contribution is 0.596. The molecule has 6 aromatic rings. The number of hydrogen-bond donors (Lipinski definition) is 0. The lowest BCUT2D eigenvalue weighted by Crippen LogP contribution is -2.46. The van der Waals surface area contributed by atoms with Crippen LogP contribution >= 0.6 is 0 Å². The normalized spacial score (nSPS) is 12.7. The molecule has 4 heteroatoms. The van der Waals surface area contributed by atoms with Crippen molar-refractivity contribution in [2.75, 3.05) is 0 Å². The minimum absolute atomic E-state index is 0.313. The number of benzene rings is 5. The summed E-state index contributed by atoms with van der Waals surface area (Å²) in [4.78, 5) is 4.37. The molecule has 7 rings (SSSR count). The third kappa shape index (κ3) is 6.24. The van der Waals surface area contributed by atoms with Crippen LogP contribution in [0.5, 0.6) is 0 Å². The number of aryl methyl sites for hydroxylation is 1. The second kappa shape index (κ2) is 13.1. The standard InChI is InChI=1S/C23H20N2Si.C15H15B/c1-19-9-8-14-22(17-19)26-23(25-16-15-24-18-25,20-10-4-2-5-11-20)21-12-6-3-7-13-21;1-3-7-13(8-4-1)16(15-11-12-15)14-9-5-2-6-10-14/h2-18H,1H3;1-10,15H,11-12H2. The van der Waals surface area contributed by atoms with Crippen molar-refractivity contribution in [1.82, 2.24) is 9.55 Å². The fourth-order valence-electron chi connectivity index (χ4n) is 5.91. The minimum Gasteiger partial charge on any atom is -0.326 e. The van der Waals surface area contributed by atoms with E-state index in [2.05, 4.69) is 168 Å². The molecule has 2 radical (unpaired) electrons. The van der Waals surface area contributed by atoms with Crippen molar-refractivity contribution in [2.45, 2.75) is 30.7 Å². The second-order valence-electron chi connectivity index (χ2n) is 11.0. The molecule has 5 aromatic carbocycles. The Labute approximate surface area is 253 Å². The van der Waals surface area contributed by atoms with Crippen molar-refractivity contribution in [3.63, 3.8) is 0 Å². The molecule has 1 heterocycles. The molecule has 1 saturated carbocycles. The first-order valence-corrected chi connectivity index (χ1v) is 15.8. The van der Waals surface area contributed by atoms with Crippen LogP contribution < -0.4 is 16.1 Å². The summed E-state index contributed by atoms with van der Waals surface area (Å²) in [5.74, 6) is 0.866. The summed E-state index contributed by atoms with van der Waals surface area (Å²) < 4.78 is 2.25. The molecule has 42 heavy (non-hydrogen) atoms. The molecule has 0 atom stereocenters. The van der Waals surface area contributed by atoms with Gasteiger partial charge in [-0.15, -0.1) is 0 Å². The zero-order valence-electron chi connectivity index (χ0n) is 24.1. The Hall–Kier alpha value is -4.41. The fraction of sp³-hybridized carbons (Fsp3) is 0.132. The summed E-state index contributed by atoms with van der Waals surface area (Å²) in [5.41, 5.74) is 6.76. The fourth-order valence-corrected chi connectivity index (χ4v) is 7.69. The van der Waals surface area contributed by atoms with Crippen LogP contribution in [-0.2, 0) is 5.16 Å². The van der Waals surface area contributed by atoms with Gasteiger partial charge in [0.15, 0.2) is 0 Å². The molecule has 0 N–H and O–H groups in total. The Morgan fingerprint density at radius 3 is 1.64 bits per heavy atom. The summed E-state index contributed by atoms with van der Waals surface area (Å²) in [7, 11) is 0.535. The van der Waals surface area contributed by atoms with Gasteiger partial charge in [0.1, 0.15) is 9.52 Å². The Morgan fingerprint density at radius 1 is 0.667 bits per heavy atom. The Bertz CT molecular complexity index is 1570. The first kappa shape index (κ1) is 27.7. The Morgan fingerprint density at radius 2 is 1.19 bits per heavy atom. The minimum atomic E-state index is -0.313. The molecule has 0 spiro atoms. The summed E-state index contributed by atoms with van der Waals surface area (Å²) in [6.07, 6.45) is 8.63. The van der Waals surface area contributed by atoms with Crippen LogP contribution in [0.2, 0.25) is 5.82 Å². The molecule has 1 fully saturated rings. The van der Waals surface area contributed by atoms with Crippen LogP contribution in [0.4, 0.5) is 0 Å². The quantitative estimate of drug-likeness (QED) is 0.197. The third-order valence-electron chi connectivity index (χ3n) is 8.03. The largest absolute Gasteiger partial charge is 0.326 e. The molecule has 204 valence electrons. The highest BCUT2D eigenvalue weighted by Crippen LogP contribution is 2.38. The highest BCUT2D eigenvalue weighted by Gasteiger charge is 2.37. The van der Waals surface area contributed by atoms with Crippen LogP contribution in [0.25, 0.3) is 0 Å². The molecular formula is C38H35BN2Si. The van der Waals surface area contributed by atoms with E-state index in [0.29, 0.717) is 16.2 Å². The highest BCUT2D eigenvalue weighted by atomic mass is 28.2. The topological polar surface area (TPSA) is 17.8 Å². The van der Waals surface area contributed by atoms with Gasteiger partial charge in [-0.25, -0.2) is 4.98 Å². The molecule has 1 aliphatic rings. The van der Waals surface area contributed by atoms with E-state index in [1.807, 2.05) is 12.5 Å². The lowest BCUT2D eigenvalue weighted by atomic mass is 9.37. The molecular weight excluding hydrogens is 523 g/mol. The molecule has 0 amide bonds. The van der Waals surface area contributed by atoms with Gasteiger partial charge in [0, 0.05) is 12.4 Å². The van der Waals surface area contributed by atoms with Crippen molar-refractivity contribution in [3.05, 3.63) is 181 Å². The average molecular weight is 559 g/mol. The molecule has 0 unspecified atom stereocenters. The zero-order chi connectivity index (χ0) is 28.6. The number of aromatic nitrogens is 2. The van der Waals surface area contributed by atoms with E-state index in [1.54, 1.807) is 0 Å². The maximum Gasteiger partial charge on any atom is 0.212 e. The third-order valence-corrected chi connectivity index (χ3v) is 9.83. The van der Waals surface area contributed by atoms with Gasteiger partial charge in [-0.05, 0) is 18.1 Å². The van der Waals surface area contributed by atoms with Crippen molar-refractivity contribution >= 4 is 32.3 Å². The van der Waals surface area contributed by atoms with Crippen LogP contribution in [0.15, 0.2) is 164 Å². The second-order valence-corrected chi connectivity index (χ2v) is 12.6. The van der Waals surface area contributed by atoms with E-state index in [9.17, 15) is 0 Å². The Kier molecular flexibility index (Phi) is 8.62. The SMILES string of the molecule is Cc1cccc([Si]C(c2ccccc2)(c2ccccc2)n2ccnc2)c1.c1ccc(B(c2ccccc2)C2CC2)cc1. The lowest BCUT2D eigenvalue weighted by Gasteiger charge is -2.36. The number of imidazole rings is 1. The van der Waals surface area contributed by atoms with Gasteiger partial charge in [-0.2, -0.15) is 0 Å². The van der Waals surface area contributed by atoms with E-state index in [0.717, 1.165) is 5.82 Å². The summed E-state index contributed by atoms with van der Waals surface area (Å²) in [5, 5.41) is 1.03. The van der Waals surface area contributed by atoms with Gasteiger partial charge in [-0.1, -0.05) is 186 Å². The van der Waals surface area contributed by atoms with Crippen molar-refractivity contribution in [1.29, 1.82) is 0 Å². The van der Waals surface area contributed by atoms with Crippen molar-refractivity contribution < 1.29 is 0 Å². The van der Waals surface area contributed by atoms with E-state index in [4.69, 9.17) is 0 Å².